The molecule has 0 spiro atoms. The molecule has 0 atom stereocenters. The van der Waals surface area contributed by atoms with Crippen LogP contribution in [0.5, 0.6) is 0 Å². The normalized spacial score (nSPS) is 14.6. The first-order valence-electron chi connectivity index (χ1n) is 9.46. The van der Waals surface area contributed by atoms with Crippen LogP contribution in [0, 0.1) is 25.5 Å². The molecule has 0 bridgehead atoms. The molecule has 5 nitrogen and oxygen atoms in total. The molecule has 1 N–H and O–H groups in total. The number of halogens is 2. The highest BCUT2D eigenvalue weighted by Crippen LogP contribution is 2.20. The number of carbonyl (C=O) groups excluding carboxylic acids is 1. The summed E-state index contributed by atoms with van der Waals surface area (Å²) in [6.07, 6.45) is 3.87. The Morgan fingerprint density at radius 2 is 1.93 bits per heavy atom. The SMILES string of the molecule is Cc1nn(-c2ccc(F)cc2F)c(C)c1CNCCC(=O)N1CCCCC1. The maximum Gasteiger partial charge on any atom is 0.223 e. The van der Waals surface area contributed by atoms with E-state index in [9.17, 15) is 13.6 Å². The molecule has 0 aliphatic carbocycles. The Labute approximate surface area is 158 Å². The van der Waals surface area contributed by atoms with Gasteiger partial charge in [-0.2, -0.15) is 5.10 Å². The van der Waals surface area contributed by atoms with E-state index in [-0.39, 0.29) is 11.6 Å². The summed E-state index contributed by atoms with van der Waals surface area (Å²) in [5.74, 6) is -1.06. The molecule has 1 aliphatic heterocycles. The second kappa shape index (κ2) is 8.61. The second-order valence-electron chi connectivity index (χ2n) is 7.03. The van der Waals surface area contributed by atoms with Crippen molar-refractivity contribution < 1.29 is 13.6 Å². The van der Waals surface area contributed by atoms with Crippen molar-refractivity contribution in [3.63, 3.8) is 0 Å². The zero-order valence-electron chi connectivity index (χ0n) is 15.9. The van der Waals surface area contributed by atoms with Gasteiger partial charge >= 0.3 is 0 Å². The number of rotatable bonds is 6. The molecular weight excluding hydrogens is 350 g/mol. The van der Waals surface area contributed by atoms with Crippen LogP contribution < -0.4 is 5.32 Å². The molecule has 0 saturated carbocycles. The highest BCUT2D eigenvalue weighted by molar-refractivity contribution is 5.76. The molecule has 3 rings (SSSR count). The second-order valence-corrected chi connectivity index (χ2v) is 7.03. The number of benzene rings is 1. The van der Waals surface area contributed by atoms with Gasteiger partial charge in [0.25, 0.3) is 0 Å². The topological polar surface area (TPSA) is 50.2 Å². The first kappa shape index (κ1) is 19.5. The number of hydrogen-bond acceptors (Lipinski definition) is 3. The fourth-order valence-electron chi connectivity index (χ4n) is 3.53. The highest BCUT2D eigenvalue weighted by Gasteiger charge is 2.17. The Balaban J connectivity index is 1.59. The van der Waals surface area contributed by atoms with Gasteiger partial charge in [-0.25, -0.2) is 13.5 Å². The van der Waals surface area contributed by atoms with Gasteiger partial charge in [0, 0.05) is 49.9 Å². The van der Waals surface area contributed by atoms with E-state index in [1.54, 1.807) is 0 Å². The largest absolute Gasteiger partial charge is 0.343 e. The van der Waals surface area contributed by atoms with Gasteiger partial charge in [0.2, 0.25) is 5.91 Å². The standard InChI is InChI=1S/C20H26F2N4O/c1-14-17(13-23-9-8-20(27)25-10-4-3-5-11-25)15(2)26(24-14)19-7-6-16(21)12-18(19)22/h6-7,12,23H,3-5,8-11,13H2,1-2H3. The Kier molecular flexibility index (Phi) is 6.21. The van der Waals surface area contributed by atoms with E-state index in [1.807, 2.05) is 18.7 Å². The Morgan fingerprint density at radius 1 is 1.19 bits per heavy atom. The van der Waals surface area contributed by atoms with Gasteiger partial charge in [-0.05, 0) is 45.2 Å². The number of aromatic nitrogens is 2. The summed E-state index contributed by atoms with van der Waals surface area (Å²) in [4.78, 5) is 14.1. The smallest absolute Gasteiger partial charge is 0.223 e. The number of nitrogens with one attached hydrogen (secondary N) is 1. The van der Waals surface area contributed by atoms with Gasteiger partial charge < -0.3 is 10.2 Å². The molecule has 1 aliphatic rings. The van der Waals surface area contributed by atoms with Crippen LogP contribution in [0.25, 0.3) is 5.69 Å². The molecule has 7 heteroatoms. The van der Waals surface area contributed by atoms with E-state index in [4.69, 9.17) is 0 Å². The molecule has 27 heavy (non-hydrogen) atoms. The summed E-state index contributed by atoms with van der Waals surface area (Å²) >= 11 is 0. The van der Waals surface area contributed by atoms with Crippen molar-refractivity contribution in [2.45, 2.75) is 46.1 Å². The minimum Gasteiger partial charge on any atom is -0.343 e. The Hall–Kier alpha value is -2.28. The third kappa shape index (κ3) is 4.53. The Morgan fingerprint density at radius 3 is 2.63 bits per heavy atom. The Bertz CT molecular complexity index is 813. The van der Waals surface area contributed by atoms with Crippen molar-refractivity contribution in [1.82, 2.24) is 20.0 Å². The van der Waals surface area contributed by atoms with Crippen LogP contribution in [0.1, 0.15) is 42.6 Å². The fraction of sp³-hybridized carbons (Fsp3) is 0.500. The van der Waals surface area contributed by atoms with E-state index in [1.165, 1.54) is 23.2 Å². The average Bonchev–Trinajstić information content (AvgIpc) is 2.93. The number of nitrogens with zero attached hydrogens (tertiary/aromatic N) is 3. The van der Waals surface area contributed by atoms with Gasteiger partial charge in [0.15, 0.2) is 5.82 Å². The zero-order valence-corrected chi connectivity index (χ0v) is 15.9. The molecule has 1 aromatic carbocycles. The zero-order chi connectivity index (χ0) is 19.4. The number of carbonyl (C=O) groups is 1. The maximum absolute atomic E-state index is 14.1. The lowest BCUT2D eigenvalue weighted by Crippen LogP contribution is -2.37. The van der Waals surface area contributed by atoms with Crippen LogP contribution in [0.3, 0.4) is 0 Å². The molecule has 146 valence electrons. The quantitative estimate of drug-likeness (QED) is 0.788. The van der Waals surface area contributed by atoms with E-state index in [0.717, 1.165) is 48.9 Å². The average molecular weight is 376 g/mol. The van der Waals surface area contributed by atoms with Crippen LogP contribution in [0.4, 0.5) is 8.78 Å². The van der Waals surface area contributed by atoms with Gasteiger partial charge in [0.05, 0.1) is 5.69 Å². The lowest BCUT2D eigenvalue weighted by molar-refractivity contribution is -0.131. The number of amides is 1. The van der Waals surface area contributed by atoms with Crippen LogP contribution in [-0.4, -0.2) is 40.2 Å². The first-order valence-corrected chi connectivity index (χ1v) is 9.46. The summed E-state index contributed by atoms with van der Waals surface area (Å²) in [6.45, 7) is 6.59. The molecule has 0 unspecified atom stereocenters. The van der Waals surface area contributed by atoms with Gasteiger partial charge in [0.1, 0.15) is 11.5 Å². The summed E-state index contributed by atoms with van der Waals surface area (Å²) in [5, 5.41) is 7.68. The van der Waals surface area contributed by atoms with Crippen LogP contribution >= 0.6 is 0 Å². The molecule has 2 aromatic rings. The molecule has 1 aromatic heterocycles. The predicted molar refractivity (Wildman–Crippen MR) is 99.7 cm³/mol. The lowest BCUT2D eigenvalue weighted by Gasteiger charge is -2.26. The van der Waals surface area contributed by atoms with E-state index in [0.29, 0.717) is 19.5 Å². The van der Waals surface area contributed by atoms with Crippen molar-refractivity contribution in [2.75, 3.05) is 19.6 Å². The van der Waals surface area contributed by atoms with Crippen molar-refractivity contribution in [3.8, 4) is 5.69 Å². The molecule has 2 heterocycles. The molecule has 1 fully saturated rings. The van der Waals surface area contributed by atoms with Crippen molar-refractivity contribution >= 4 is 5.91 Å². The van der Waals surface area contributed by atoms with E-state index < -0.39 is 11.6 Å². The first-order chi connectivity index (χ1) is 13.0. The monoisotopic (exact) mass is 376 g/mol. The molecule has 1 amide bonds. The number of likely N-dealkylation sites (tertiary alicyclic amines) is 1. The third-order valence-corrected chi connectivity index (χ3v) is 5.11. The minimum atomic E-state index is -0.646. The number of aryl methyl sites for hydroxylation is 1. The summed E-state index contributed by atoms with van der Waals surface area (Å²) in [6, 6.07) is 3.47. The summed E-state index contributed by atoms with van der Waals surface area (Å²) in [5.41, 5.74) is 2.77. The van der Waals surface area contributed by atoms with E-state index >= 15 is 0 Å². The lowest BCUT2D eigenvalue weighted by atomic mass is 10.1. The van der Waals surface area contributed by atoms with Crippen LogP contribution in [0.15, 0.2) is 18.2 Å². The molecule has 0 radical (unpaired) electrons. The van der Waals surface area contributed by atoms with Gasteiger partial charge in [-0.15, -0.1) is 0 Å². The summed E-state index contributed by atoms with van der Waals surface area (Å²) in [7, 11) is 0. The van der Waals surface area contributed by atoms with Crippen LogP contribution in [-0.2, 0) is 11.3 Å². The molecular formula is C20H26F2N4O. The van der Waals surface area contributed by atoms with Crippen molar-refractivity contribution in [1.29, 1.82) is 0 Å². The van der Waals surface area contributed by atoms with Crippen molar-refractivity contribution in [3.05, 3.63) is 46.8 Å². The predicted octanol–water partition coefficient (Wildman–Crippen LogP) is 3.26. The van der Waals surface area contributed by atoms with Gasteiger partial charge in [-0.1, -0.05) is 0 Å². The third-order valence-electron chi connectivity index (χ3n) is 5.11. The fourth-order valence-corrected chi connectivity index (χ4v) is 3.53. The maximum atomic E-state index is 14.1. The number of piperidine rings is 1. The summed E-state index contributed by atoms with van der Waals surface area (Å²) < 4.78 is 28.7. The highest BCUT2D eigenvalue weighted by atomic mass is 19.1. The van der Waals surface area contributed by atoms with E-state index in [2.05, 4.69) is 10.4 Å². The van der Waals surface area contributed by atoms with Gasteiger partial charge in [-0.3, -0.25) is 4.79 Å². The minimum absolute atomic E-state index is 0.194. The van der Waals surface area contributed by atoms with Crippen molar-refractivity contribution in [2.24, 2.45) is 0 Å². The number of hydrogen-bond donors (Lipinski definition) is 1. The van der Waals surface area contributed by atoms with Crippen LogP contribution in [0.2, 0.25) is 0 Å². The molecule has 1 saturated heterocycles.